The number of ether oxygens (including phenoxy) is 1. The fourth-order valence-corrected chi connectivity index (χ4v) is 1.79. The molecule has 0 saturated carbocycles. The van der Waals surface area contributed by atoms with Gasteiger partial charge in [0.1, 0.15) is 11.6 Å². The van der Waals surface area contributed by atoms with Crippen LogP contribution in [0.2, 0.25) is 0 Å². The smallest absolute Gasteiger partial charge is 0.223 e. The largest absolute Gasteiger partial charge is 0.383 e. The van der Waals surface area contributed by atoms with Crippen molar-refractivity contribution in [3.8, 4) is 0 Å². The number of aromatic nitrogens is 2. The van der Waals surface area contributed by atoms with E-state index in [-0.39, 0.29) is 5.95 Å². The summed E-state index contributed by atoms with van der Waals surface area (Å²) in [6, 6.07) is 9.69. The Bertz CT molecular complexity index is 538. The number of rotatable bonds is 5. The topological polar surface area (TPSA) is 99.1 Å². The van der Waals surface area contributed by atoms with Crippen LogP contribution < -0.4 is 16.8 Å². The van der Waals surface area contributed by atoms with Crippen LogP contribution in [-0.2, 0) is 17.9 Å². The number of nitrogens with two attached hydrogens (primary N) is 2. The van der Waals surface area contributed by atoms with Gasteiger partial charge in [0.2, 0.25) is 5.95 Å². The number of hydrogen-bond acceptors (Lipinski definition) is 6. The molecule has 0 unspecified atom stereocenters. The van der Waals surface area contributed by atoms with Crippen LogP contribution in [0.1, 0.15) is 11.1 Å². The van der Waals surface area contributed by atoms with Crippen LogP contribution in [0.25, 0.3) is 0 Å². The van der Waals surface area contributed by atoms with Gasteiger partial charge in [-0.1, -0.05) is 24.3 Å². The Balaban J connectivity index is 2.09. The van der Waals surface area contributed by atoms with Gasteiger partial charge in [-0.2, -0.15) is 9.97 Å². The van der Waals surface area contributed by atoms with Crippen LogP contribution in [0.3, 0.4) is 0 Å². The van der Waals surface area contributed by atoms with Crippen LogP contribution in [0, 0.1) is 0 Å². The van der Waals surface area contributed by atoms with E-state index < -0.39 is 0 Å². The third kappa shape index (κ3) is 3.56. The maximum atomic E-state index is 5.61. The highest BCUT2D eigenvalue weighted by molar-refractivity contribution is 5.48. The Labute approximate surface area is 111 Å². The summed E-state index contributed by atoms with van der Waals surface area (Å²) in [5.74, 6) is 1.12. The van der Waals surface area contributed by atoms with Gasteiger partial charge in [0, 0.05) is 19.7 Å². The highest BCUT2D eigenvalue weighted by atomic mass is 16.5. The number of benzene rings is 1. The minimum absolute atomic E-state index is 0.160. The minimum atomic E-state index is 0.160. The predicted octanol–water partition coefficient (Wildman–Crippen LogP) is 1.40. The molecule has 6 nitrogen and oxygen atoms in total. The molecule has 6 heteroatoms. The van der Waals surface area contributed by atoms with Crippen molar-refractivity contribution in [2.75, 3.05) is 23.9 Å². The fraction of sp³-hybridized carbons (Fsp3) is 0.231. The van der Waals surface area contributed by atoms with Crippen molar-refractivity contribution >= 4 is 17.6 Å². The lowest BCUT2D eigenvalue weighted by Gasteiger charge is -2.11. The van der Waals surface area contributed by atoms with Crippen molar-refractivity contribution in [3.63, 3.8) is 0 Å². The molecule has 0 aliphatic rings. The summed E-state index contributed by atoms with van der Waals surface area (Å²) < 4.78 is 5.17. The summed E-state index contributed by atoms with van der Waals surface area (Å²) in [6.45, 7) is 1.20. The van der Waals surface area contributed by atoms with E-state index >= 15 is 0 Å². The monoisotopic (exact) mass is 259 g/mol. The number of nitrogens with zero attached hydrogens (tertiary/aromatic N) is 2. The van der Waals surface area contributed by atoms with Crippen molar-refractivity contribution in [1.29, 1.82) is 0 Å². The van der Waals surface area contributed by atoms with Crippen LogP contribution in [-0.4, -0.2) is 17.1 Å². The van der Waals surface area contributed by atoms with E-state index in [1.807, 2.05) is 24.3 Å². The zero-order valence-electron chi connectivity index (χ0n) is 10.8. The maximum Gasteiger partial charge on any atom is 0.223 e. The van der Waals surface area contributed by atoms with Gasteiger partial charge >= 0.3 is 0 Å². The maximum absolute atomic E-state index is 5.61. The van der Waals surface area contributed by atoms with Gasteiger partial charge in [-0.05, 0) is 11.1 Å². The molecule has 0 aliphatic heterocycles. The molecule has 0 spiro atoms. The predicted molar refractivity (Wildman–Crippen MR) is 75.3 cm³/mol. The molecule has 0 saturated heterocycles. The van der Waals surface area contributed by atoms with Gasteiger partial charge in [-0.15, -0.1) is 0 Å². The Morgan fingerprint density at radius 1 is 1.16 bits per heavy atom. The summed E-state index contributed by atoms with van der Waals surface area (Å²) >= 11 is 0. The molecule has 0 amide bonds. The summed E-state index contributed by atoms with van der Waals surface area (Å²) in [5, 5.41) is 3.17. The quantitative estimate of drug-likeness (QED) is 0.750. The van der Waals surface area contributed by atoms with E-state index in [4.69, 9.17) is 16.2 Å². The Morgan fingerprint density at radius 3 is 2.58 bits per heavy atom. The second kappa shape index (κ2) is 6.01. The number of methoxy groups -OCH3 is 1. The van der Waals surface area contributed by atoms with Crippen LogP contribution in [0.5, 0.6) is 0 Å². The van der Waals surface area contributed by atoms with Gasteiger partial charge in [0.15, 0.2) is 0 Å². The molecule has 0 fully saturated rings. The average Bonchev–Trinajstić information content (AvgIpc) is 2.37. The van der Waals surface area contributed by atoms with Crippen molar-refractivity contribution in [3.05, 3.63) is 41.5 Å². The first-order chi connectivity index (χ1) is 9.19. The van der Waals surface area contributed by atoms with Crippen LogP contribution in [0.15, 0.2) is 30.3 Å². The van der Waals surface area contributed by atoms with Gasteiger partial charge in [-0.3, -0.25) is 0 Å². The Kier molecular flexibility index (Phi) is 4.15. The molecule has 1 heterocycles. The first-order valence-electron chi connectivity index (χ1n) is 5.88. The standard InChI is InChI=1S/C13H17N5O/c1-19-8-10-5-3-2-4-9(10)7-16-12-6-11(14)17-13(15)18-12/h2-6H,7-8H2,1H3,(H5,14,15,16,17,18). The van der Waals surface area contributed by atoms with Gasteiger partial charge in [0.05, 0.1) is 6.61 Å². The Morgan fingerprint density at radius 2 is 1.89 bits per heavy atom. The number of nitrogen functional groups attached to an aromatic ring is 2. The molecule has 19 heavy (non-hydrogen) atoms. The lowest BCUT2D eigenvalue weighted by Crippen LogP contribution is -2.07. The van der Waals surface area contributed by atoms with E-state index in [0.29, 0.717) is 24.8 Å². The van der Waals surface area contributed by atoms with Crippen LogP contribution in [0.4, 0.5) is 17.6 Å². The molecule has 100 valence electrons. The van der Waals surface area contributed by atoms with Gasteiger partial charge < -0.3 is 21.5 Å². The third-order valence-electron chi connectivity index (χ3n) is 2.64. The molecule has 0 aliphatic carbocycles. The first-order valence-corrected chi connectivity index (χ1v) is 5.88. The number of hydrogen-bond donors (Lipinski definition) is 3. The lowest BCUT2D eigenvalue weighted by molar-refractivity contribution is 0.184. The first kappa shape index (κ1) is 13.1. The molecule has 2 rings (SSSR count). The molecular formula is C13H17N5O. The fourth-order valence-electron chi connectivity index (χ4n) is 1.79. The van der Waals surface area contributed by atoms with Crippen molar-refractivity contribution in [2.45, 2.75) is 13.2 Å². The number of nitrogens with one attached hydrogen (secondary N) is 1. The van der Waals surface area contributed by atoms with Crippen LogP contribution >= 0.6 is 0 Å². The zero-order valence-corrected chi connectivity index (χ0v) is 10.8. The molecule has 1 aromatic carbocycles. The van der Waals surface area contributed by atoms with E-state index in [1.165, 1.54) is 0 Å². The third-order valence-corrected chi connectivity index (χ3v) is 2.64. The minimum Gasteiger partial charge on any atom is -0.383 e. The molecule has 1 aromatic heterocycles. The highest BCUT2D eigenvalue weighted by Crippen LogP contribution is 2.14. The Hall–Kier alpha value is -2.34. The van der Waals surface area contributed by atoms with Crippen molar-refractivity contribution in [1.82, 2.24) is 9.97 Å². The molecule has 0 atom stereocenters. The normalized spacial score (nSPS) is 10.4. The highest BCUT2D eigenvalue weighted by Gasteiger charge is 2.03. The van der Waals surface area contributed by atoms with Gasteiger partial charge in [-0.25, -0.2) is 0 Å². The summed E-state index contributed by atoms with van der Waals surface area (Å²) in [4.78, 5) is 7.89. The van der Waals surface area contributed by atoms with E-state index in [2.05, 4.69) is 15.3 Å². The second-order valence-electron chi connectivity index (χ2n) is 4.09. The summed E-state index contributed by atoms with van der Waals surface area (Å²) in [5.41, 5.74) is 13.4. The molecule has 5 N–H and O–H groups in total. The second-order valence-corrected chi connectivity index (χ2v) is 4.09. The van der Waals surface area contributed by atoms with Gasteiger partial charge in [0.25, 0.3) is 0 Å². The SMILES string of the molecule is COCc1ccccc1CNc1cc(N)nc(N)n1. The lowest BCUT2D eigenvalue weighted by atomic mass is 10.1. The van der Waals surface area contributed by atoms with E-state index in [0.717, 1.165) is 11.1 Å². The molecule has 0 radical (unpaired) electrons. The van der Waals surface area contributed by atoms with E-state index in [1.54, 1.807) is 13.2 Å². The number of anilines is 3. The molecule has 2 aromatic rings. The van der Waals surface area contributed by atoms with Crippen molar-refractivity contribution in [2.24, 2.45) is 0 Å². The van der Waals surface area contributed by atoms with Crippen molar-refractivity contribution < 1.29 is 4.74 Å². The summed E-state index contributed by atoms with van der Waals surface area (Å²) in [7, 11) is 1.68. The zero-order chi connectivity index (χ0) is 13.7. The molecule has 0 bridgehead atoms. The summed E-state index contributed by atoms with van der Waals surface area (Å²) in [6.07, 6.45) is 0. The molecular weight excluding hydrogens is 242 g/mol. The van der Waals surface area contributed by atoms with E-state index in [9.17, 15) is 0 Å². The average molecular weight is 259 g/mol.